The van der Waals surface area contributed by atoms with Gasteiger partial charge in [-0.15, -0.1) is 0 Å². The first-order valence-corrected chi connectivity index (χ1v) is 6.29. The highest BCUT2D eigenvalue weighted by Crippen LogP contribution is 2.38. The van der Waals surface area contributed by atoms with Gasteiger partial charge in [-0.3, -0.25) is 19.7 Å². The SMILES string of the molecule is C[C@@H]1C[C@@H]1C(=O)OCC(=O)Nc1cc([N+](=O)[O-])ccc1F. The summed E-state index contributed by atoms with van der Waals surface area (Å²) in [5.74, 6) is -1.94. The van der Waals surface area contributed by atoms with Crippen LogP contribution in [0.15, 0.2) is 18.2 Å². The van der Waals surface area contributed by atoms with Gasteiger partial charge in [0.05, 0.1) is 16.5 Å². The number of amides is 1. The maximum Gasteiger partial charge on any atom is 0.309 e. The van der Waals surface area contributed by atoms with Crippen molar-refractivity contribution < 1.29 is 23.6 Å². The van der Waals surface area contributed by atoms with Crippen molar-refractivity contribution in [2.45, 2.75) is 13.3 Å². The molecule has 1 aliphatic carbocycles. The minimum Gasteiger partial charge on any atom is -0.455 e. The average molecular weight is 296 g/mol. The number of carbonyl (C=O) groups excluding carboxylic acids is 2. The van der Waals surface area contributed by atoms with E-state index in [1.165, 1.54) is 0 Å². The summed E-state index contributed by atoms with van der Waals surface area (Å²) in [5, 5.41) is 12.7. The first-order valence-electron chi connectivity index (χ1n) is 6.29. The largest absolute Gasteiger partial charge is 0.455 e. The van der Waals surface area contributed by atoms with Crippen molar-refractivity contribution in [2.75, 3.05) is 11.9 Å². The van der Waals surface area contributed by atoms with E-state index in [9.17, 15) is 24.1 Å². The molecule has 0 aliphatic heterocycles. The van der Waals surface area contributed by atoms with E-state index in [2.05, 4.69) is 5.32 Å². The lowest BCUT2D eigenvalue weighted by Gasteiger charge is -2.07. The van der Waals surface area contributed by atoms with Crippen LogP contribution in [0, 0.1) is 27.8 Å². The van der Waals surface area contributed by atoms with Gasteiger partial charge >= 0.3 is 5.97 Å². The normalized spacial score (nSPS) is 19.7. The molecule has 1 N–H and O–H groups in total. The molecule has 1 aromatic carbocycles. The van der Waals surface area contributed by atoms with E-state index >= 15 is 0 Å². The number of hydrogen-bond acceptors (Lipinski definition) is 5. The fourth-order valence-corrected chi connectivity index (χ4v) is 1.80. The second kappa shape index (κ2) is 5.86. The minimum absolute atomic E-state index is 0.174. The standard InChI is InChI=1S/C13H13FN2O5/c1-7-4-9(7)13(18)21-6-12(17)15-11-5-8(16(19)20)2-3-10(11)14/h2-3,5,7,9H,4,6H2,1H3,(H,15,17)/t7-,9+/m1/s1. The fourth-order valence-electron chi connectivity index (χ4n) is 1.80. The lowest BCUT2D eigenvalue weighted by Crippen LogP contribution is -2.22. The molecule has 0 unspecified atom stereocenters. The van der Waals surface area contributed by atoms with E-state index in [0.717, 1.165) is 24.6 Å². The Labute approximate surface area is 119 Å². The molecule has 2 rings (SSSR count). The highest BCUT2D eigenvalue weighted by atomic mass is 19.1. The number of carbonyl (C=O) groups is 2. The van der Waals surface area contributed by atoms with Crippen molar-refractivity contribution in [3.63, 3.8) is 0 Å². The van der Waals surface area contributed by atoms with Gasteiger partial charge in [-0.1, -0.05) is 6.92 Å². The van der Waals surface area contributed by atoms with Crippen molar-refractivity contribution in [1.29, 1.82) is 0 Å². The predicted octanol–water partition coefficient (Wildman–Crippen LogP) is 1.87. The Balaban J connectivity index is 1.91. The smallest absolute Gasteiger partial charge is 0.309 e. The van der Waals surface area contributed by atoms with Gasteiger partial charge in [0.2, 0.25) is 0 Å². The zero-order valence-electron chi connectivity index (χ0n) is 11.2. The number of benzene rings is 1. The maximum atomic E-state index is 13.4. The predicted molar refractivity (Wildman–Crippen MR) is 69.9 cm³/mol. The van der Waals surface area contributed by atoms with E-state index in [0.29, 0.717) is 0 Å². The van der Waals surface area contributed by atoms with Gasteiger partial charge in [0, 0.05) is 12.1 Å². The topological polar surface area (TPSA) is 98.5 Å². The second-order valence-electron chi connectivity index (χ2n) is 4.90. The van der Waals surface area contributed by atoms with Crippen molar-refractivity contribution in [2.24, 2.45) is 11.8 Å². The molecule has 21 heavy (non-hydrogen) atoms. The monoisotopic (exact) mass is 296 g/mol. The Morgan fingerprint density at radius 2 is 2.19 bits per heavy atom. The Bertz CT molecular complexity index is 604. The van der Waals surface area contributed by atoms with Crippen LogP contribution in [0.25, 0.3) is 0 Å². The number of nitrogens with zero attached hydrogens (tertiary/aromatic N) is 1. The summed E-state index contributed by atoms with van der Waals surface area (Å²) < 4.78 is 18.2. The van der Waals surface area contributed by atoms with Crippen molar-refractivity contribution in [3.8, 4) is 0 Å². The Hall–Kier alpha value is -2.51. The zero-order chi connectivity index (χ0) is 15.6. The number of nitrogens with one attached hydrogen (secondary N) is 1. The number of nitro groups is 1. The van der Waals surface area contributed by atoms with Gasteiger partial charge in [0.15, 0.2) is 6.61 Å². The third kappa shape index (κ3) is 3.74. The van der Waals surface area contributed by atoms with E-state index in [4.69, 9.17) is 4.74 Å². The molecule has 0 bridgehead atoms. The molecule has 0 radical (unpaired) electrons. The van der Waals surface area contributed by atoms with Crippen LogP contribution < -0.4 is 5.32 Å². The van der Waals surface area contributed by atoms with Gasteiger partial charge in [-0.25, -0.2) is 4.39 Å². The molecule has 7 nitrogen and oxygen atoms in total. The van der Waals surface area contributed by atoms with Crippen LogP contribution in [0.2, 0.25) is 0 Å². The third-order valence-corrected chi connectivity index (χ3v) is 3.19. The van der Waals surface area contributed by atoms with E-state index in [-0.39, 0.29) is 23.2 Å². The van der Waals surface area contributed by atoms with E-state index < -0.39 is 29.2 Å². The molecule has 1 fully saturated rings. The molecule has 0 heterocycles. The number of non-ortho nitro benzene ring substituents is 1. The van der Waals surface area contributed by atoms with Gasteiger partial charge in [0.25, 0.3) is 11.6 Å². The molecule has 1 aliphatic rings. The Morgan fingerprint density at radius 3 is 2.76 bits per heavy atom. The van der Waals surface area contributed by atoms with Crippen molar-refractivity contribution in [1.82, 2.24) is 0 Å². The molecule has 1 aromatic rings. The summed E-state index contributed by atoms with van der Waals surface area (Å²) in [7, 11) is 0. The quantitative estimate of drug-likeness (QED) is 0.508. The second-order valence-corrected chi connectivity index (χ2v) is 4.90. The number of rotatable bonds is 5. The number of nitro benzene ring substituents is 1. The average Bonchev–Trinajstić information content (AvgIpc) is 3.15. The first-order chi connectivity index (χ1) is 9.88. The number of halogens is 1. The summed E-state index contributed by atoms with van der Waals surface area (Å²) >= 11 is 0. The fraction of sp³-hybridized carbons (Fsp3) is 0.385. The number of anilines is 1. The Kier molecular flexibility index (Phi) is 4.15. The maximum absolute atomic E-state index is 13.4. The molecular formula is C13H13FN2O5. The van der Waals surface area contributed by atoms with Gasteiger partial charge < -0.3 is 10.1 Å². The molecule has 0 aromatic heterocycles. The molecule has 1 amide bonds. The molecule has 112 valence electrons. The summed E-state index contributed by atoms with van der Waals surface area (Å²) in [6.07, 6.45) is 0.736. The number of ether oxygens (including phenoxy) is 1. The van der Waals surface area contributed by atoms with E-state index in [1.807, 2.05) is 6.92 Å². The molecule has 0 saturated heterocycles. The van der Waals surface area contributed by atoms with Crippen LogP contribution in [0.4, 0.5) is 15.8 Å². The van der Waals surface area contributed by atoms with Crippen LogP contribution in [-0.4, -0.2) is 23.4 Å². The van der Waals surface area contributed by atoms with Gasteiger partial charge in [-0.05, 0) is 18.4 Å². The molecule has 2 atom stereocenters. The van der Waals surface area contributed by atoms with Gasteiger partial charge in [-0.2, -0.15) is 0 Å². The summed E-state index contributed by atoms with van der Waals surface area (Å²) in [6.45, 7) is 1.34. The highest BCUT2D eigenvalue weighted by molar-refractivity contribution is 5.93. The highest BCUT2D eigenvalue weighted by Gasteiger charge is 2.40. The number of hydrogen-bond donors (Lipinski definition) is 1. The lowest BCUT2D eigenvalue weighted by atomic mass is 10.2. The molecule has 1 saturated carbocycles. The zero-order valence-corrected chi connectivity index (χ0v) is 11.2. The molecule has 0 spiro atoms. The third-order valence-electron chi connectivity index (χ3n) is 3.19. The van der Waals surface area contributed by atoms with Crippen molar-refractivity contribution in [3.05, 3.63) is 34.1 Å². The van der Waals surface area contributed by atoms with Gasteiger partial charge in [0.1, 0.15) is 5.82 Å². The van der Waals surface area contributed by atoms with Crippen LogP contribution >= 0.6 is 0 Å². The molecular weight excluding hydrogens is 283 g/mol. The van der Waals surface area contributed by atoms with E-state index in [1.54, 1.807) is 0 Å². The first kappa shape index (κ1) is 14.9. The van der Waals surface area contributed by atoms with Crippen LogP contribution in [0.1, 0.15) is 13.3 Å². The minimum atomic E-state index is -0.809. The molecule has 8 heteroatoms. The van der Waals surface area contributed by atoms with Crippen LogP contribution in [0.3, 0.4) is 0 Å². The summed E-state index contributed by atoms with van der Waals surface area (Å²) in [5.41, 5.74) is -0.680. The van der Waals surface area contributed by atoms with Crippen LogP contribution in [-0.2, 0) is 14.3 Å². The summed E-state index contributed by atoms with van der Waals surface area (Å²) in [4.78, 5) is 32.8. The number of esters is 1. The lowest BCUT2D eigenvalue weighted by molar-refractivity contribution is -0.384. The summed E-state index contributed by atoms with van der Waals surface area (Å²) in [6, 6.07) is 2.77. The van der Waals surface area contributed by atoms with Crippen LogP contribution in [0.5, 0.6) is 0 Å². The Morgan fingerprint density at radius 1 is 1.52 bits per heavy atom. The van der Waals surface area contributed by atoms with Crippen molar-refractivity contribution >= 4 is 23.3 Å².